The van der Waals surface area contributed by atoms with E-state index in [1.165, 1.54) is 38.5 Å². The number of hydrogen-bond donors (Lipinski definition) is 1. The molecule has 1 saturated heterocycles. The van der Waals surface area contributed by atoms with E-state index in [1.807, 2.05) is 0 Å². The Morgan fingerprint density at radius 1 is 1.10 bits per heavy atom. The van der Waals surface area contributed by atoms with E-state index < -0.39 is 0 Å². The van der Waals surface area contributed by atoms with E-state index in [0.717, 1.165) is 44.1 Å². The Hall–Kier alpha value is -0.0800. The van der Waals surface area contributed by atoms with Crippen molar-refractivity contribution in [3.63, 3.8) is 0 Å². The third-order valence-electron chi connectivity index (χ3n) is 6.19. The standard InChI is InChI=1S/C18H32O2/c1-14(2)11-15-5-3-9-18(19,12-15)16-6-10-20-17(13-16)7-4-8-17/h14-16,19H,3-13H2,1-2H3. The molecule has 116 valence electrons. The predicted octanol–water partition coefficient (Wildman–Crippen LogP) is 4.30. The Bertz CT molecular complexity index is 334. The first-order valence-corrected chi connectivity index (χ1v) is 8.88. The van der Waals surface area contributed by atoms with Crippen molar-refractivity contribution in [1.29, 1.82) is 0 Å². The lowest BCUT2D eigenvalue weighted by atomic mass is 9.62. The van der Waals surface area contributed by atoms with Crippen molar-refractivity contribution >= 4 is 0 Å². The number of rotatable bonds is 3. The molecule has 1 heterocycles. The number of aliphatic hydroxyl groups is 1. The van der Waals surface area contributed by atoms with Gasteiger partial charge in [0, 0.05) is 6.61 Å². The summed E-state index contributed by atoms with van der Waals surface area (Å²) in [5.41, 5.74) is -0.214. The Morgan fingerprint density at radius 2 is 1.90 bits per heavy atom. The van der Waals surface area contributed by atoms with Crippen LogP contribution >= 0.6 is 0 Å². The van der Waals surface area contributed by atoms with E-state index in [9.17, 15) is 5.11 Å². The summed E-state index contributed by atoms with van der Waals surface area (Å²) in [5, 5.41) is 11.3. The van der Waals surface area contributed by atoms with Gasteiger partial charge in [0.2, 0.25) is 0 Å². The van der Waals surface area contributed by atoms with E-state index in [0.29, 0.717) is 5.92 Å². The number of hydrogen-bond acceptors (Lipinski definition) is 2. The lowest BCUT2D eigenvalue weighted by Gasteiger charge is -2.52. The highest BCUT2D eigenvalue weighted by molar-refractivity contribution is 5.01. The van der Waals surface area contributed by atoms with Gasteiger partial charge in [-0.15, -0.1) is 0 Å². The molecule has 3 rings (SSSR count). The molecule has 2 aliphatic carbocycles. The van der Waals surface area contributed by atoms with Gasteiger partial charge >= 0.3 is 0 Å². The van der Waals surface area contributed by atoms with Crippen molar-refractivity contribution in [2.45, 2.75) is 89.3 Å². The highest BCUT2D eigenvalue weighted by Gasteiger charge is 2.49. The molecule has 3 fully saturated rings. The zero-order chi connectivity index (χ0) is 14.2. The normalized spacial score (nSPS) is 40.8. The molecule has 0 bridgehead atoms. The lowest BCUT2D eigenvalue weighted by molar-refractivity contribution is -0.184. The first-order chi connectivity index (χ1) is 9.51. The maximum absolute atomic E-state index is 11.3. The van der Waals surface area contributed by atoms with Gasteiger partial charge in [-0.05, 0) is 69.1 Å². The van der Waals surface area contributed by atoms with Crippen molar-refractivity contribution in [3.8, 4) is 0 Å². The predicted molar refractivity (Wildman–Crippen MR) is 81.6 cm³/mol. The fourth-order valence-corrected chi connectivity index (χ4v) is 5.05. The zero-order valence-corrected chi connectivity index (χ0v) is 13.4. The lowest BCUT2D eigenvalue weighted by Crippen LogP contribution is -2.53. The van der Waals surface area contributed by atoms with Crippen molar-refractivity contribution in [1.82, 2.24) is 0 Å². The minimum absolute atomic E-state index is 0.170. The van der Waals surface area contributed by atoms with Crippen LogP contribution in [0, 0.1) is 17.8 Å². The highest BCUT2D eigenvalue weighted by atomic mass is 16.5. The molecule has 0 radical (unpaired) electrons. The topological polar surface area (TPSA) is 29.5 Å². The second-order valence-corrected chi connectivity index (χ2v) is 8.27. The zero-order valence-electron chi connectivity index (χ0n) is 13.4. The largest absolute Gasteiger partial charge is 0.390 e. The number of ether oxygens (including phenoxy) is 1. The molecule has 1 aliphatic heterocycles. The SMILES string of the molecule is CC(C)CC1CCCC(O)(C2CCOC3(CCC3)C2)C1. The summed E-state index contributed by atoms with van der Waals surface area (Å²) in [4.78, 5) is 0. The molecule has 20 heavy (non-hydrogen) atoms. The molecule has 1 spiro atoms. The van der Waals surface area contributed by atoms with Crippen LogP contribution in [0.2, 0.25) is 0 Å². The quantitative estimate of drug-likeness (QED) is 0.835. The van der Waals surface area contributed by atoms with E-state index >= 15 is 0 Å². The molecule has 3 unspecified atom stereocenters. The molecule has 0 amide bonds. The summed E-state index contributed by atoms with van der Waals surface area (Å²) in [6, 6.07) is 0. The summed E-state index contributed by atoms with van der Waals surface area (Å²) < 4.78 is 6.05. The summed E-state index contributed by atoms with van der Waals surface area (Å²) >= 11 is 0. The van der Waals surface area contributed by atoms with E-state index in [-0.39, 0.29) is 11.2 Å². The Balaban J connectivity index is 1.64. The molecule has 2 saturated carbocycles. The smallest absolute Gasteiger partial charge is 0.0686 e. The van der Waals surface area contributed by atoms with Gasteiger partial charge in [-0.3, -0.25) is 0 Å². The first-order valence-electron chi connectivity index (χ1n) is 8.88. The van der Waals surface area contributed by atoms with Crippen LogP contribution in [-0.2, 0) is 4.74 Å². The minimum atomic E-state index is -0.385. The highest BCUT2D eigenvalue weighted by Crippen LogP contribution is 2.50. The molecule has 0 aromatic carbocycles. The monoisotopic (exact) mass is 280 g/mol. The van der Waals surface area contributed by atoms with Gasteiger partial charge in [0.1, 0.15) is 0 Å². The minimum Gasteiger partial charge on any atom is -0.390 e. The van der Waals surface area contributed by atoms with Crippen molar-refractivity contribution in [3.05, 3.63) is 0 Å². The summed E-state index contributed by atoms with van der Waals surface area (Å²) in [5.74, 6) is 2.00. The molecule has 1 N–H and O–H groups in total. The van der Waals surface area contributed by atoms with Gasteiger partial charge in [0.05, 0.1) is 11.2 Å². The van der Waals surface area contributed by atoms with Crippen LogP contribution in [0.15, 0.2) is 0 Å². The molecule has 3 aliphatic rings. The molecular weight excluding hydrogens is 248 g/mol. The molecule has 0 aromatic rings. The van der Waals surface area contributed by atoms with Gasteiger partial charge < -0.3 is 9.84 Å². The van der Waals surface area contributed by atoms with Crippen LogP contribution in [0.3, 0.4) is 0 Å². The second-order valence-electron chi connectivity index (χ2n) is 8.27. The van der Waals surface area contributed by atoms with Gasteiger partial charge in [0.25, 0.3) is 0 Å². The summed E-state index contributed by atoms with van der Waals surface area (Å²) in [7, 11) is 0. The molecular formula is C18H32O2. The third kappa shape index (κ3) is 2.92. The molecule has 2 heteroatoms. The van der Waals surface area contributed by atoms with Crippen LogP contribution in [0.4, 0.5) is 0 Å². The maximum Gasteiger partial charge on any atom is 0.0686 e. The average Bonchev–Trinajstić information content (AvgIpc) is 2.36. The van der Waals surface area contributed by atoms with Crippen LogP contribution in [-0.4, -0.2) is 22.9 Å². The van der Waals surface area contributed by atoms with Crippen LogP contribution < -0.4 is 0 Å². The van der Waals surface area contributed by atoms with Gasteiger partial charge in [-0.1, -0.05) is 26.7 Å². The van der Waals surface area contributed by atoms with Gasteiger partial charge in [-0.2, -0.15) is 0 Å². The van der Waals surface area contributed by atoms with Crippen molar-refractivity contribution < 1.29 is 9.84 Å². The van der Waals surface area contributed by atoms with Crippen LogP contribution in [0.5, 0.6) is 0 Å². The second kappa shape index (κ2) is 5.61. The summed E-state index contributed by atoms with van der Waals surface area (Å²) in [6.45, 7) is 5.50. The average molecular weight is 280 g/mol. The first kappa shape index (κ1) is 14.8. The van der Waals surface area contributed by atoms with E-state index in [2.05, 4.69) is 13.8 Å². The van der Waals surface area contributed by atoms with Crippen LogP contribution in [0.25, 0.3) is 0 Å². The maximum atomic E-state index is 11.3. The molecule has 0 aromatic heterocycles. The van der Waals surface area contributed by atoms with E-state index in [1.54, 1.807) is 0 Å². The Kier molecular flexibility index (Phi) is 4.16. The van der Waals surface area contributed by atoms with Gasteiger partial charge in [0.15, 0.2) is 0 Å². The van der Waals surface area contributed by atoms with Crippen molar-refractivity contribution in [2.24, 2.45) is 17.8 Å². The fourth-order valence-electron chi connectivity index (χ4n) is 5.05. The summed E-state index contributed by atoms with van der Waals surface area (Å²) in [6.07, 6.45) is 11.9. The Morgan fingerprint density at radius 3 is 2.55 bits per heavy atom. The van der Waals surface area contributed by atoms with E-state index in [4.69, 9.17) is 4.74 Å². The van der Waals surface area contributed by atoms with Crippen molar-refractivity contribution in [2.75, 3.05) is 6.61 Å². The third-order valence-corrected chi connectivity index (χ3v) is 6.19. The fraction of sp³-hybridized carbons (Fsp3) is 1.00. The van der Waals surface area contributed by atoms with Crippen LogP contribution in [0.1, 0.15) is 78.1 Å². The van der Waals surface area contributed by atoms with Gasteiger partial charge in [-0.25, -0.2) is 0 Å². The Labute approximate surface area is 124 Å². The molecule has 3 atom stereocenters. The molecule has 2 nitrogen and oxygen atoms in total.